The van der Waals surface area contributed by atoms with Crippen LogP contribution in [-0.4, -0.2) is 28.0 Å². The van der Waals surface area contributed by atoms with Crippen LogP contribution in [0.2, 0.25) is 0 Å². The maximum absolute atomic E-state index is 12.9. The molecule has 0 spiro atoms. The van der Waals surface area contributed by atoms with Crippen molar-refractivity contribution in [2.75, 3.05) is 10.6 Å². The normalized spacial score (nSPS) is 10.4. The number of aromatic nitrogens is 1. The van der Waals surface area contributed by atoms with Crippen LogP contribution in [0.15, 0.2) is 65.2 Å². The van der Waals surface area contributed by atoms with Gasteiger partial charge in [0, 0.05) is 18.2 Å². The lowest BCUT2D eigenvalue weighted by atomic mass is 10.0. The number of nitrogens with zero attached hydrogens (tertiary/aromatic N) is 2. The van der Waals surface area contributed by atoms with Crippen LogP contribution in [0.25, 0.3) is 22.1 Å². The molecule has 3 aromatic carbocycles. The standard InChI is InChI=1S/C24H16N4O5/c1-13(29)26-20-10-18-21(11-16(20)15-5-3-2-4-6-15)33-28-22(18)23(30)27-19-8-7-14(12-25)9-17(19)24(31)32/h2-11H,1H3,(H,26,29)(H,27,30)(H,31,32). The topological polar surface area (TPSA) is 145 Å². The molecule has 3 N–H and O–H groups in total. The lowest BCUT2D eigenvalue weighted by molar-refractivity contribution is -0.114. The lowest BCUT2D eigenvalue weighted by Crippen LogP contribution is -2.15. The predicted molar refractivity (Wildman–Crippen MR) is 120 cm³/mol. The third-order valence-electron chi connectivity index (χ3n) is 4.85. The third kappa shape index (κ3) is 4.26. The van der Waals surface area contributed by atoms with Gasteiger partial charge in [-0.25, -0.2) is 4.79 Å². The minimum atomic E-state index is -1.30. The van der Waals surface area contributed by atoms with Crippen LogP contribution in [0.1, 0.15) is 33.3 Å². The zero-order chi connectivity index (χ0) is 23.5. The van der Waals surface area contributed by atoms with Crippen molar-refractivity contribution in [1.82, 2.24) is 5.16 Å². The van der Waals surface area contributed by atoms with Gasteiger partial charge in [0.15, 0.2) is 11.3 Å². The molecule has 9 nitrogen and oxygen atoms in total. The lowest BCUT2D eigenvalue weighted by Gasteiger charge is -2.11. The molecule has 162 valence electrons. The number of carboxylic acid groups (broad SMARTS) is 1. The summed E-state index contributed by atoms with van der Waals surface area (Å²) in [6.07, 6.45) is 0. The molecular formula is C24H16N4O5. The number of benzene rings is 3. The predicted octanol–water partition coefficient (Wildman–Crippen LogP) is 4.28. The van der Waals surface area contributed by atoms with Gasteiger partial charge in [-0.15, -0.1) is 0 Å². The van der Waals surface area contributed by atoms with Crippen molar-refractivity contribution >= 4 is 40.1 Å². The van der Waals surface area contributed by atoms with Crippen molar-refractivity contribution in [3.8, 4) is 17.2 Å². The molecule has 0 saturated carbocycles. The number of anilines is 2. The van der Waals surface area contributed by atoms with Gasteiger partial charge in [0.25, 0.3) is 5.91 Å². The van der Waals surface area contributed by atoms with Crippen LogP contribution < -0.4 is 10.6 Å². The molecule has 4 rings (SSSR count). The van der Waals surface area contributed by atoms with E-state index in [2.05, 4.69) is 15.8 Å². The molecule has 1 aromatic heterocycles. The number of hydrogen-bond acceptors (Lipinski definition) is 6. The fourth-order valence-electron chi connectivity index (χ4n) is 3.38. The quantitative estimate of drug-likeness (QED) is 0.420. The van der Waals surface area contributed by atoms with Gasteiger partial charge in [0.1, 0.15) is 0 Å². The molecule has 0 unspecified atom stereocenters. The molecule has 0 aliphatic carbocycles. The van der Waals surface area contributed by atoms with Gasteiger partial charge < -0.3 is 20.3 Å². The van der Waals surface area contributed by atoms with Crippen molar-refractivity contribution in [2.45, 2.75) is 6.92 Å². The Morgan fingerprint density at radius 3 is 2.42 bits per heavy atom. The Morgan fingerprint density at radius 2 is 1.76 bits per heavy atom. The van der Waals surface area contributed by atoms with Crippen molar-refractivity contribution < 1.29 is 24.0 Å². The van der Waals surface area contributed by atoms with E-state index in [1.807, 2.05) is 36.4 Å². The van der Waals surface area contributed by atoms with Crippen LogP contribution in [0.5, 0.6) is 0 Å². The molecule has 0 atom stereocenters. The number of fused-ring (bicyclic) bond motifs is 1. The number of carbonyl (C=O) groups is 3. The Bertz CT molecular complexity index is 1450. The Labute approximate surface area is 187 Å². The van der Waals surface area contributed by atoms with Crippen LogP contribution in [-0.2, 0) is 4.79 Å². The minimum Gasteiger partial charge on any atom is -0.478 e. The first-order valence-electron chi connectivity index (χ1n) is 9.72. The van der Waals surface area contributed by atoms with Gasteiger partial charge >= 0.3 is 5.97 Å². The molecule has 0 saturated heterocycles. The second-order valence-corrected chi connectivity index (χ2v) is 7.10. The molecule has 33 heavy (non-hydrogen) atoms. The van der Waals surface area contributed by atoms with Gasteiger partial charge in [-0.05, 0) is 35.9 Å². The first-order chi connectivity index (χ1) is 15.9. The number of carboxylic acids is 1. The van der Waals surface area contributed by atoms with E-state index < -0.39 is 11.9 Å². The largest absolute Gasteiger partial charge is 0.478 e. The van der Waals surface area contributed by atoms with E-state index in [9.17, 15) is 19.5 Å². The van der Waals surface area contributed by atoms with E-state index in [4.69, 9.17) is 9.78 Å². The second-order valence-electron chi connectivity index (χ2n) is 7.10. The average molecular weight is 440 g/mol. The fraction of sp³-hybridized carbons (Fsp3) is 0.0417. The molecule has 4 aromatic rings. The zero-order valence-electron chi connectivity index (χ0n) is 17.2. The molecule has 0 bridgehead atoms. The monoisotopic (exact) mass is 440 g/mol. The highest BCUT2D eigenvalue weighted by molar-refractivity contribution is 6.14. The van der Waals surface area contributed by atoms with Crippen molar-refractivity contribution in [2.24, 2.45) is 0 Å². The Hall–Kier alpha value is -4.97. The highest BCUT2D eigenvalue weighted by Gasteiger charge is 2.21. The van der Waals surface area contributed by atoms with E-state index >= 15 is 0 Å². The third-order valence-corrected chi connectivity index (χ3v) is 4.85. The smallest absolute Gasteiger partial charge is 0.337 e. The summed E-state index contributed by atoms with van der Waals surface area (Å²) in [4.78, 5) is 36.3. The first kappa shape index (κ1) is 21.3. The summed E-state index contributed by atoms with van der Waals surface area (Å²) in [6, 6.07) is 18.3. The summed E-state index contributed by atoms with van der Waals surface area (Å²) in [5.41, 5.74) is 2.11. The number of amides is 2. The van der Waals surface area contributed by atoms with Crippen LogP contribution in [0, 0.1) is 11.3 Å². The highest BCUT2D eigenvalue weighted by Crippen LogP contribution is 2.34. The van der Waals surface area contributed by atoms with Crippen molar-refractivity contribution in [3.05, 3.63) is 77.5 Å². The van der Waals surface area contributed by atoms with E-state index in [1.54, 1.807) is 12.1 Å². The van der Waals surface area contributed by atoms with Gasteiger partial charge in [-0.1, -0.05) is 35.5 Å². The van der Waals surface area contributed by atoms with Gasteiger partial charge in [0.05, 0.1) is 28.3 Å². The van der Waals surface area contributed by atoms with Gasteiger partial charge in [-0.2, -0.15) is 5.26 Å². The molecule has 0 aliphatic rings. The second kappa shape index (κ2) is 8.64. The number of aromatic carboxylic acids is 1. The van der Waals surface area contributed by atoms with Crippen LogP contribution >= 0.6 is 0 Å². The Balaban J connectivity index is 1.77. The zero-order valence-corrected chi connectivity index (χ0v) is 17.2. The van der Waals surface area contributed by atoms with E-state index in [0.29, 0.717) is 22.2 Å². The molecular weight excluding hydrogens is 424 g/mol. The Kier molecular flexibility index (Phi) is 5.57. The fourth-order valence-corrected chi connectivity index (χ4v) is 3.38. The number of rotatable bonds is 5. The summed E-state index contributed by atoms with van der Waals surface area (Å²) in [5, 5.41) is 27.9. The van der Waals surface area contributed by atoms with Crippen molar-refractivity contribution in [1.29, 1.82) is 5.26 Å². The Morgan fingerprint density at radius 1 is 1.00 bits per heavy atom. The summed E-state index contributed by atoms with van der Waals surface area (Å²) in [6.45, 7) is 1.37. The van der Waals surface area contributed by atoms with E-state index in [1.165, 1.54) is 25.1 Å². The first-order valence-corrected chi connectivity index (χ1v) is 9.72. The maximum atomic E-state index is 12.9. The highest BCUT2D eigenvalue weighted by atomic mass is 16.5. The van der Waals surface area contributed by atoms with Gasteiger partial charge in [-0.3, -0.25) is 9.59 Å². The van der Waals surface area contributed by atoms with Crippen LogP contribution in [0.3, 0.4) is 0 Å². The summed E-state index contributed by atoms with van der Waals surface area (Å²) in [7, 11) is 0. The molecule has 2 amide bonds. The van der Waals surface area contributed by atoms with E-state index in [-0.39, 0.29) is 28.4 Å². The molecule has 0 radical (unpaired) electrons. The molecule has 0 fully saturated rings. The number of hydrogen-bond donors (Lipinski definition) is 3. The van der Waals surface area contributed by atoms with E-state index in [0.717, 1.165) is 5.56 Å². The number of nitrogens with one attached hydrogen (secondary N) is 2. The van der Waals surface area contributed by atoms with Crippen molar-refractivity contribution in [3.63, 3.8) is 0 Å². The average Bonchev–Trinajstić information content (AvgIpc) is 3.21. The summed E-state index contributed by atoms with van der Waals surface area (Å²) < 4.78 is 5.36. The summed E-state index contributed by atoms with van der Waals surface area (Å²) in [5.74, 6) is -2.30. The van der Waals surface area contributed by atoms with Gasteiger partial charge in [0.2, 0.25) is 5.91 Å². The SMILES string of the molecule is CC(=O)Nc1cc2c(C(=O)Nc3ccc(C#N)cc3C(=O)O)noc2cc1-c1ccccc1. The number of carbonyl (C=O) groups excluding carboxylic acids is 2. The molecule has 9 heteroatoms. The number of nitriles is 1. The molecule has 1 heterocycles. The maximum Gasteiger partial charge on any atom is 0.337 e. The van der Waals surface area contributed by atoms with Crippen LogP contribution in [0.4, 0.5) is 11.4 Å². The summed E-state index contributed by atoms with van der Waals surface area (Å²) >= 11 is 0. The minimum absolute atomic E-state index is 0.00522. The molecule has 0 aliphatic heterocycles.